The van der Waals surface area contributed by atoms with E-state index in [0.717, 1.165) is 5.56 Å². The fourth-order valence-electron chi connectivity index (χ4n) is 3.81. The molecule has 0 radical (unpaired) electrons. The van der Waals surface area contributed by atoms with Crippen LogP contribution in [-0.2, 0) is 26.2 Å². The van der Waals surface area contributed by atoms with Crippen molar-refractivity contribution >= 4 is 33.2 Å². The molecule has 1 aromatic carbocycles. The lowest BCUT2D eigenvalue weighted by Gasteiger charge is -2.26. The van der Waals surface area contributed by atoms with Gasteiger partial charge in [0.25, 0.3) is 10.0 Å². The fourth-order valence-corrected chi connectivity index (χ4v) is 4.97. The lowest BCUT2D eigenvalue weighted by molar-refractivity contribution is -0.131. The molecule has 4 rings (SSSR count). The third-order valence-corrected chi connectivity index (χ3v) is 6.44. The molecule has 1 N–H and O–H groups in total. The lowest BCUT2D eigenvalue weighted by Crippen LogP contribution is -2.38. The molecule has 1 unspecified atom stereocenters. The van der Waals surface area contributed by atoms with Crippen LogP contribution in [0.4, 0.5) is 5.69 Å². The van der Waals surface area contributed by atoms with Crippen molar-refractivity contribution in [3.63, 3.8) is 0 Å². The summed E-state index contributed by atoms with van der Waals surface area (Å²) in [6.07, 6.45) is 3.24. The van der Waals surface area contributed by atoms with E-state index in [9.17, 15) is 18.0 Å². The number of nitrogens with zero attached hydrogens (tertiary/aromatic N) is 3. The first-order chi connectivity index (χ1) is 13.8. The van der Waals surface area contributed by atoms with Crippen LogP contribution in [0.2, 0.25) is 0 Å². The second kappa shape index (κ2) is 7.07. The predicted molar refractivity (Wildman–Crippen MR) is 107 cm³/mol. The van der Waals surface area contributed by atoms with Crippen LogP contribution in [-0.4, -0.2) is 41.9 Å². The average molecular weight is 412 g/mol. The number of aromatic nitrogens is 1. The van der Waals surface area contributed by atoms with E-state index in [-0.39, 0.29) is 29.0 Å². The zero-order valence-electron chi connectivity index (χ0n) is 15.9. The molecule has 0 aliphatic carbocycles. The number of carbonyl (C=O) groups excluding carboxylic acids is 2. The summed E-state index contributed by atoms with van der Waals surface area (Å²) in [5.74, 6) is -2.34. The van der Waals surface area contributed by atoms with E-state index in [1.165, 1.54) is 11.0 Å². The summed E-state index contributed by atoms with van der Waals surface area (Å²) >= 11 is 0. The summed E-state index contributed by atoms with van der Waals surface area (Å²) in [5.41, 5.74) is 1.15. The molecular formula is C20H20N4O4S. The highest BCUT2D eigenvalue weighted by atomic mass is 32.2. The third kappa shape index (κ3) is 3.31. The van der Waals surface area contributed by atoms with E-state index in [1.54, 1.807) is 42.7 Å². The molecule has 1 saturated heterocycles. The minimum Gasteiger partial charge on any atom is -0.341 e. The highest BCUT2D eigenvalue weighted by Crippen LogP contribution is 2.33. The standard InChI is InChI=1S/C20H20N4O4S/c1-12(2)17-18(25)16(20(26)24(17)11-13-7-9-21-10-8-13)19-22-14-5-3-4-6-15(14)29(27,28)23-19/h3-10,12,16-17H,11H2,1-2H3,(H,22,23)/t16?,17-/m0/s1. The van der Waals surface area contributed by atoms with Crippen LogP contribution in [0.25, 0.3) is 0 Å². The Bertz CT molecular complexity index is 1110. The number of ketones is 1. The van der Waals surface area contributed by atoms with Crippen LogP contribution >= 0.6 is 0 Å². The molecule has 1 fully saturated rings. The number of anilines is 1. The van der Waals surface area contributed by atoms with E-state index in [4.69, 9.17) is 0 Å². The highest BCUT2D eigenvalue weighted by molar-refractivity contribution is 7.90. The van der Waals surface area contributed by atoms with Gasteiger partial charge in [-0.05, 0) is 35.7 Å². The number of nitrogens with one attached hydrogen (secondary N) is 1. The van der Waals surface area contributed by atoms with Gasteiger partial charge in [0.05, 0.1) is 11.7 Å². The SMILES string of the molecule is CC(C)[C@H]1C(=O)C(C2=NS(=O)(=O)c3ccccc3N2)C(=O)N1Cc1ccncc1. The molecule has 150 valence electrons. The van der Waals surface area contributed by atoms with Crippen LogP contribution in [0.15, 0.2) is 58.1 Å². The zero-order valence-corrected chi connectivity index (χ0v) is 16.8. The predicted octanol–water partition coefficient (Wildman–Crippen LogP) is 1.85. The first-order valence-corrected chi connectivity index (χ1v) is 10.7. The summed E-state index contributed by atoms with van der Waals surface area (Å²) < 4.78 is 28.9. The van der Waals surface area contributed by atoms with Gasteiger partial charge in [0.15, 0.2) is 11.7 Å². The molecule has 1 amide bonds. The molecule has 3 heterocycles. The van der Waals surface area contributed by atoms with Gasteiger partial charge in [0.2, 0.25) is 5.91 Å². The Kier molecular flexibility index (Phi) is 4.70. The van der Waals surface area contributed by atoms with Gasteiger partial charge < -0.3 is 10.2 Å². The first-order valence-electron chi connectivity index (χ1n) is 9.23. The number of likely N-dealkylation sites (tertiary alicyclic amines) is 1. The van der Waals surface area contributed by atoms with Crippen LogP contribution in [0.3, 0.4) is 0 Å². The number of pyridine rings is 1. The largest absolute Gasteiger partial charge is 0.341 e. The van der Waals surface area contributed by atoms with Crippen LogP contribution in [0.1, 0.15) is 19.4 Å². The number of carbonyl (C=O) groups is 2. The lowest BCUT2D eigenvalue weighted by atomic mass is 9.95. The molecular weight excluding hydrogens is 392 g/mol. The van der Waals surface area contributed by atoms with Crippen LogP contribution < -0.4 is 5.32 Å². The van der Waals surface area contributed by atoms with Crippen molar-refractivity contribution in [2.45, 2.75) is 31.3 Å². The minimum atomic E-state index is -4.00. The maximum atomic E-state index is 13.2. The van der Waals surface area contributed by atoms with Crippen molar-refractivity contribution in [3.8, 4) is 0 Å². The number of para-hydroxylation sites is 1. The second-order valence-corrected chi connectivity index (χ2v) is 8.99. The Labute approximate surface area is 168 Å². The summed E-state index contributed by atoms with van der Waals surface area (Å²) in [6.45, 7) is 3.96. The summed E-state index contributed by atoms with van der Waals surface area (Å²) in [4.78, 5) is 31.9. The average Bonchev–Trinajstić information content (AvgIpc) is 2.92. The van der Waals surface area contributed by atoms with Gasteiger partial charge in [-0.25, -0.2) is 0 Å². The van der Waals surface area contributed by atoms with Gasteiger partial charge in [-0.2, -0.15) is 8.42 Å². The van der Waals surface area contributed by atoms with Crippen molar-refractivity contribution in [2.24, 2.45) is 16.2 Å². The molecule has 2 aliphatic heterocycles. The number of hydrogen-bond donors (Lipinski definition) is 1. The number of hydrogen-bond acceptors (Lipinski definition) is 6. The maximum absolute atomic E-state index is 13.2. The number of benzene rings is 1. The molecule has 29 heavy (non-hydrogen) atoms. The molecule has 0 saturated carbocycles. The summed E-state index contributed by atoms with van der Waals surface area (Å²) in [6, 6.07) is 9.18. The van der Waals surface area contributed by atoms with E-state index in [1.807, 2.05) is 13.8 Å². The van der Waals surface area contributed by atoms with Gasteiger partial charge in [0.1, 0.15) is 10.7 Å². The zero-order chi connectivity index (χ0) is 20.8. The van der Waals surface area contributed by atoms with Gasteiger partial charge in [-0.3, -0.25) is 14.6 Å². The van der Waals surface area contributed by atoms with Crippen molar-refractivity contribution < 1.29 is 18.0 Å². The number of rotatable bonds is 4. The highest BCUT2D eigenvalue weighted by Gasteiger charge is 2.51. The van der Waals surface area contributed by atoms with Gasteiger partial charge in [0, 0.05) is 18.9 Å². The van der Waals surface area contributed by atoms with Crippen molar-refractivity contribution in [2.75, 3.05) is 5.32 Å². The number of fused-ring (bicyclic) bond motifs is 1. The number of sulfonamides is 1. The van der Waals surface area contributed by atoms with Gasteiger partial charge in [-0.1, -0.05) is 26.0 Å². The molecule has 2 atom stereocenters. The monoisotopic (exact) mass is 412 g/mol. The van der Waals surface area contributed by atoms with Crippen molar-refractivity contribution in [1.29, 1.82) is 0 Å². The first kappa shape index (κ1) is 19.3. The number of Topliss-reactive ketones (excluding diaryl/α,β-unsaturated/α-hetero) is 1. The number of amidine groups is 1. The Morgan fingerprint density at radius 2 is 1.79 bits per heavy atom. The van der Waals surface area contributed by atoms with E-state index >= 15 is 0 Å². The molecule has 0 bridgehead atoms. The molecule has 9 heteroatoms. The number of amides is 1. The maximum Gasteiger partial charge on any atom is 0.286 e. The fraction of sp³-hybridized carbons (Fsp3) is 0.300. The molecule has 0 spiro atoms. The Balaban J connectivity index is 1.72. The summed E-state index contributed by atoms with van der Waals surface area (Å²) in [7, 11) is -4.00. The quantitative estimate of drug-likeness (QED) is 0.768. The molecule has 1 aromatic heterocycles. The van der Waals surface area contributed by atoms with Crippen LogP contribution in [0, 0.1) is 11.8 Å². The van der Waals surface area contributed by atoms with E-state index in [0.29, 0.717) is 5.69 Å². The molecule has 2 aliphatic rings. The molecule has 8 nitrogen and oxygen atoms in total. The summed E-state index contributed by atoms with van der Waals surface area (Å²) in [5, 5.41) is 2.89. The topological polar surface area (TPSA) is 109 Å². The van der Waals surface area contributed by atoms with Gasteiger partial charge >= 0.3 is 0 Å². The van der Waals surface area contributed by atoms with Crippen molar-refractivity contribution in [1.82, 2.24) is 9.88 Å². The normalized spacial score (nSPS) is 23.0. The smallest absolute Gasteiger partial charge is 0.286 e. The Hall–Kier alpha value is -3.07. The Morgan fingerprint density at radius 3 is 2.48 bits per heavy atom. The Morgan fingerprint density at radius 1 is 1.10 bits per heavy atom. The van der Waals surface area contributed by atoms with E-state index in [2.05, 4.69) is 14.7 Å². The van der Waals surface area contributed by atoms with Crippen molar-refractivity contribution in [3.05, 3.63) is 54.4 Å². The van der Waals surface area contributed by atoms with Crippen LogP contribution in [0.5, 0.6) is 0 Å². The van der Waals surface area contributed by atoms with Gasteiger partial charge in [-0.15, -0.1) is 4.40 Å². The van der Waals surface area contributed by atoms with E-state index < -0.39 is 27.9 Å². The third-order valence-electron chi connectivity index (χ3n) is 5.10. The molecule has 2 aromatic rings. The second-order valence-electron chi connectivity index (χ2n) is 7.42. The minimum absolute atomic E-state index is 0.0238.